The van der Waals surface area contributed by atoms with Crippen molar-refractivity contribution in [1.82, 2.24) is 25.8 Å². The molecule has 3 aliphatic rings. The van der Waals surface area contributed by atoms with Crippen LogP contribution in [-0.2, 0) is 27.3 Å². The van der Waals surface area contributed by atoms with E-state index in [1.54, 1.807) is 29.3 Å². The standard InChI is InChI=1S/C31H37F2N5O4/c32-31(33)16-21(17-31)18-36-30(42)38-25-12-5-4-10-22(25)15-26(38)28(40)37-24(14-20-8-2-1-3-9-20)27(39)29(41)35-19-23-11-6-7-13-34-23/h1-3,6-9,11,13,21-22,24-26H,4-5,10,12,14-19H2,(H,35,41)(H,36,42)(H,37,40)/t22?,24-,25?,26-/m1/s1. The Morgan fingerprint density at radius 3 is 2.43 bits per heavy atom. The minimum atomic E-state index is -2.68. The van der Waals surface area contributed by atoms with Gasteiger partial charge in [-0.05, 0) is 48.8 Å². The zero-order valence-electron chi connectivity index (χ0n) is 23.4. The maximum absolute atomic E-state index is 13.8. The molecule has 1 aromatic carbocycles. The summed E-state index contributed by atoms with van der Waals surface area (Å²) in [7, 11) is 0. The molecule has 2 saturated carbocycles. The molecule has 1 aliphatic heterocycles. The Kier molecular flexibility index (Phi) is 9.13. The fraction of sp³-hybridized carbons (Fsp3) is 0.516. The highest BCUT2D eigenvalue weighted by Crippen LogP contribution is 2.42. The van der Waals surface area contributed by atoms with Gasteiger partial charge in [-0.25, -0.2) is 13.6 Å². The van der Waals surface area contributed by atoms with Gasteiger partial charge < -0.3 is 20.9 Å². The van der Waals surface area contributed by atoms with Gasteiger partial charge in [-0.15, -0.1) is 0 Å². The predicted molar refractivity (Wildman–Crippen MR) is 150 cm³/mol. The third kappa shape index (κ3) is 7.11. The van der Waals surface area contributed by atoms with E-state index in [4.69, 9.17) is 0 Å². The van der Waals surface area contributed by atoms with Crippen molar-refractivity contribution in [2.45, 2.75) is 82.0 Å². The number of nitrogens with zero attached hydrogens (tertiary/aromatic N) is 2. The second-order valence-corrected chi connectivity index (χ2v) is 11.7. The SMILES string of the molecule is O=C(NCc1ccccn1)C(=O)[C@@H](Cc1ccccc1)NC(=O)[C@H]1CC2CCCCC2N1C(=O)NCC1CC(F)(F)C1. The van der Waals surface area contributed by atoms with Gasteiger partial charge in [0, 0.05) is 38.0 Å². The number of hydrogen-bond acceptors (Lipinski definition) is 5. The smallest absolute Gasteiger partial charge is 0.318 e. The van der Waals surface area contributed by atoms with Crippen LogP contribution in [0.25, 0.3) is 0 Å². The number of halogens is 2. The van der Waals surface area contributed by atoms with Crippen molar-refractivity contribution in [2.24, 2.45) is 11.8 Å². The molecule has 0 radical (unpaired) electrons. The highest BCUT2D eigenvalue weighted by molar-refractivity contribution is 6.38. The lowest BCUT2D eigenvalue weighted by Gasteiger charge is -2.37. The van der Waals surface area contributed by atoms with Gasteiger partial charge in [-0.1, -0.05) is 49.2 Å². The number of likely N-dealkylation sites (tertiary alicyclic amines) is 1. The molecule has 2 aromatic rings. The van der Waals surface area contributed by atoms with E-state index < -0.39 is 41.6 Å². The van der Waals surface area contributed by atoms with Crippen molar-refractivity contribution in [3.05, 3.63) is 66.0 Å². The number of carbonyl (C=O) groups is 4. The second-order valence-electron chi connectivity index (χ2n) is 11.7. The number of Topliss-reactive ketones (excluding diaryl/α,β-unsaturated/α-hetero) is 1. The average Bonchev–Trinajstić information content (AvgIpc) is 3.38. The third-order valence-corrected chi connectivity index (χ3v) is 8.64. The summed E-state index contributed by atoms with van der Waals surface area (Å²) in [6.45, 7) is 0.187. The molecule has 1 saturated heterocycles. The van der Waals surface area contributed by atoms with Crippen LogP contribution in [0, 0.1) is 11.8 Å². The molecule has 3 fully saturated rings. The molecule has 2 heterocycles. The summed E-state index contributed by atoms with van der Waals surface area (Å²) in [5.41, 5.74) is 1.35. The Hall–Kier alpha value is -3.89. The van der Waals surface area contributed by atoms with Crippen molar-refractivity contribution in [1.29, 1.82) is 0 Å². The van der Waals surface area contributed by atoms with Crippen LogP contribution < -0.4 is 16.0 Å². The van der Waals surface area contributed by atoms with Crippen LogP contribution in [0.5, 0.6) is 0 Å². The molecule has 4 atom stereocenters. The van der Waals surface area contributed by atoms with Gasteiger partial charge in [0.05, 0.1) is 12.2 Å². The number of ketones is 1. The zero-order valence-corrected chi connectivity index (χ0v) is 23.4. The molecule has 224 valence electrons. The minimum absolute atomic E-state index is 0.0598. The maximum atomic E-state index is 13.8. The second kappa shape index (κ2) is 13.0. The topological polar surface area (TPSA) is 120 Å². The number of benzene rings is 1. The Morgan fingerprint density at radius 2 is 1.71 bits per heavy atom. The number of rotatable bonds is 10. The summed E-state index contributed by atoms with van der Waals surface area (Å²) < 4.78 is 26.6. The van der Waals surface area contributed by atoms with Gasteiger partial charge in [-0.3, -0.25) is 19.4 Å². The van der Waals surface area contributed by atoms with Crippen LogP contribution in [0.4, 0.5) is 13.6 Å². The number of alkyl halides is 2. The van der Waals surface area contributed by atoms with Gasteiger partial charge in [0.25, 0.3) is 5.91 Å². The molecule has 2 aliphatic carbocycles. The molecule has 4 amide bonds. The van der Waals surface area contributed by atoms with Crippen molar-refractivity contribution in [3.8, 4) is 0 Å². The Labute approximate surface area is 243 Å². The van der Waals surface area contributed by atoms with E-state index in [0.29, 0.717) is 12.1 Å². The Morgan fingerprint density at radius 1 is 0.976 bits per heavy atom. The summed E-state index contributed by atoms with van der Waals surface area (Å²) in [5, 5.41) is 8.17. The highest BCUT2D eigenvalue weighted by atomic mass is 19.3. The van der Waals surface area contributed by atoms with Crippen LogP contribution in [-0.4, -0.2) is 64.1 Å². The summed E-state index contributed by atoms with van der Waals surface area (Å²) in [4.78, 5) is 59.1. The summed E-state index contributed by atoms with van der Waals surface area (Å²) in [5.74, 6) is -4.96. The van der Waals surface area contributed by atoms with Crippen LogP contribution >= 0.6 is 0 Å². The van der Waals surface area contributed by atoms with E-state index in [1.807, 2.05) is 30.3 Å². The van der Waals surface area contributed by atoms with Gasteiger partial charge in [0.1, 0.15) is 12.1 Å². The third-order valence-electron chi connectivity index (χ3n) is 8.64. The van der Waals surface area contributed by atoms with Crippen LogP contribution in [0.15, 0.2) is 54.7 Å². The van der Waals surface area contributed by atoms with E-state index in [1.165, 1.54) is 0 Å². The largest absolute Gasteiger partial charge is 0.344 e. The lowest BCUT2D eigenvalue weighted by atomic mass is 9.81. The predicted octanol–water partition coefficient (Wildman–Crippen LogP) is 3.38. The molecule has 3 N–H and O–H groups in total. The molecule has 9 nitrogen and oxygen atoms in total. The molecule has 5 rings (SSSR count). The Balaban J connectivity index is 1.28. The number of urea groups is 1. The lowest BCUT2D eigenvalue weighted by Crippen LogP contribution is -2.57. The Bertz CT molecular complexity index is 1270. The monoisotopic (exact) mass is 581 g/mol. The molecule has 1 aromatic heterocycles. The van der Waals surface area contributed by atoms with Gasteiger partial charge in [0.15, 0.2) is 0 Å². The van der Waals surface area contributed by atoms with Crippen molar-refractivity contribution in [2.75, 3.05) is 6.54 Å². The van der Waals surface area contributed by atoms with Gasteiger partial charge in [0.2, 0.25) is 17.6 Å². The van der Waals surface area contributed by atoms with Crippen molar-refractivity contribution < 1.29 is 28.0 Å². The number of aromatic nitrogens is 1. The molecule has 0 spiro atoms. The minimum Gasteiger partial charge on any atom is -0.344 e. The first kappa shape index (κ1) is 29.6. The van der Waals surface area contributed by atoms with Gasteiger partial charge in [-0.2, -0.15) is 0 Å². The summed E-state index contributed by atoms with van der Waals surface area (Å²) in [6.07, 6.45) is 5.20. The van der Waals surface area contributed by atoms with Crippen LogP contribution in [0.1, 0.15) is 56.2 Å². The average molecular weight is 582 g/mol. The van der Waals surface area contributed by atoms with Crippen LogP contribution in [0.3, 0.4) is 0 Å². The maximum Gasteiger partial charge on any atom is 0.318 e. The first-order chi connectivity index (χ1) is 20.2. The molecular weight excluding hydrogens is 544 g/mol. The summed E-state index contributed by atoms with van der Waals surface area (Å²) in [6, 6.07) is 11.8. The van der Waals surface area contributed by atoms with E-state index in [2.05, 4.69) is 20.9 Å². The van der Waals surface area contributed by atoms with E-state index in [-0.39, 0.29) is 50.2 Å². The van der Waals surface area contributed by atoms with Crippen molar-refractivity contribution >= 4 is 23.6 Å². The van der Waals surface area contributed by atoms with E-state index in [9.17, 15) is 28.0 Å². The highest BCUT2D eigenvalue weighted by Gasteiger charge is 2.49. The zero-order chi connectivity index (χ0) is 29.7. The number of hydrogen-bond donors (Lipinski definition) is 3. The van der Waals surface area contributed by atoms with Gasteiger partial charge >= 0.3 is 6.03 Å². The number of fused-ring (bicyclic) bond motifs is 1. The van der Waals surface area contributed by atoms with Crippen molar-refractivity contribution in [3.63, 3.8) is 0 Å². The van der Waals surface area contributed by atoms with E-state index >= 15 is 0 Å². The fourth-order valence-electron chi connectivity index (χ4n) is 6.48. The fourth-order valence-corrected chi connectivity index (χ4v) is 6.48. The first-order valence-electron chi connectivity index (χ1n) is 14.7. The quantitative estimate of drug-likeness (QED) is 0.372. The summed E-state index contributed by atoms with van der Waals surface area (Å²) >= 11 is 0. The molecule has 0 bridgehead atoms. The number of pyridine rings is 1. The number of nitrogens with one attached hydrogen (secondary N) is 3. The molecule has 2 unspecified atom stereocenters. The molecule has 42 heavy (non-hydrogen) atoms. The normalized spacial score (nSPS) is 23.7. The number of amides is 4. The van der Waals surface area contributed by atoms with E-state index in [0.717, 1.165) is 31.2 Å². The molecule has 11 heteroatoms. The van der Waals surface area contributed by atoms with Crippen LogP contribution in [0.2, 0.25) is 0 Å². The molecular formula is C31H37F2N5O4. The number of carbonyl (C=O) groups excluding carboxylic acids is 4. The lowest BCUT2D eigenvalue weighted by molar-refractivity contribution is -0.140. The first-order valence-corrected chi connectivity index (χ1v) is 14.7.